The Morgan fingerprint density at radius 2 is 1.62 bits per heavy atom. The van der Waals surface area contributed by atoms with Gasteiger partial charge in [0, 0.05) is 5.56 Å². The fourth-order valence-corrected chi connectivity index (χ4v) is 4.43. The van der Waals surface area contributed by atoms with Gasteiger partial charge >= 0.3 is 6.18 Å². The van der Waals surface area contributed by atoms with Gasteiger partial charge in [0.05, 0.1) is 42.7 Å². The molecule has 0 aliphatic heterocycles. The Hall–Kier alpha value is -3.44. The molecule has 0 bridgehead atoms. The summed E-state index contributed by atoms with van der Waals surface area (Å²) >= 11 is 5.66. The molecule has 12 heteroatoms. The maximum absolute atomic E-state index is 13.3. The summed E-state index contributed by atoms with van der Waals surface area (Å²) < 4.78 is 76.0. The molecular formula is C25H24ClF3N2O5S. The predicted octanol–water partition coefficient (Wildman–Crippen LogP) is 5.14. The smallest absolute Gasteiger partial charge is 0.417 e. The Kier molecular flexibility index (Phi) is 8.93. The van der Waals surface area contributed by atoms with Gasteiger partial charge in [-0.25, -0.2) is 8.42 Å². The largest absolute Gasteiger partial charge is 0.497 e. The van der Waals surface area contributed by atoms with Crippen molar-refractivity contribution in [2.45, 2.75) is 12.7 Å². The van der Waals surface area contributed by atoms with Gasteiger partial charge < -0.3 is 14.8 Å². The molecule has 3 rings (SSSR count). The van der Waals surface area contributed by atoms with E-state index in [1.807, 2.05) is 0 Å². The molecule has 0 radical (unpaired) electrons. The lowest BCUT2D eigenvalue weighted by atomic mass is 10.1. The van der Waals surface area contributed by atoms with Crippen molar-refractivity contribution >= 4 is 33.2 Å². The molecule has 37 heavy (non-hydrogen) atoms. The molecule has 3 aromatic rings. The van der Waals surface area contributed by atoms with Crippen molar-refractivity contribution in [3.63, 3.8) is 0 Å². The Labute approximate surface area is 217 Å². The van der Waals surface area contributed by atoms with Crippen LogP contribution in [0.5, 0.6) is 11.5 Å². The highest BCUT2D eigenvalue weighted by Gasteiger charge is 2.34. The first-order valence-corrected chi connectivity index (χ1v) is 13.1. The molecule has 0 unspecified atom stereocenters. The first-order chi connectivity index (χ1) is 17.4. The number of rotatable bonds is 10. The molecule has 7 nitrogen and oxygen atoms in total. The number of hydrogen-bond acceptors (Lipinski definition) is 5. The van der Waals surface area contributed by atoms with Crippen LogP contribution in [0.25, 0.3) is 0 Å². The van der Waals surface area contributed by atoms with Crippen molar-refractivity contribution in [3.05, 3.63) is 88.4 Å². The van der Waals surface area contributed by atoms with Crippen molar-refractivity contribution in [1.29, 1.82) is 0 Å². The fourth-order valence-electron chi connectivity index (χ4n) is 3.32. The van der Waals surface area contributed by atoms with Gasteiger partial charge in [-0.1, -0.05) is 23.7 Å². The lowest BCUT2D eigenvalue weighted by molar-refractivity contribution is -0.137. The lowest BCUT2D eigenvalue weighted by Gasteiger charge is -2.24. The summed E-state index contributed by atoms with van der Waals surface area (Å²) in [6.45, 7) is 0.239. The molecule has 0 fully saturated rings. The van der Waals surface area contributed by atoms with E-state index >= 15 is 0 Å². The molecule has 1 amide bonds. The zero-order valence-corrected chi connectivity index (χ0v) is 21.5. The van der Waals surface area contributed by atoms with Crippen molar-refractivity contribution in [2.24, 2.45) is 0 Å². The van der Waals surface area contributed by atoms with Crippen molar-refractivity contribution in [3.8, 4) is 11.5 Å². The summed E-state index contributed by atoms with van der Waals surface area (Å²) in [7, 11) is -2.37. The number of anilines is 1. The minimum Gasteiger partial charge on any atom is -0.497 e. The van der Waals surface area contributed by atoms with E-state index in [-0.39, 0.29) is 31.3 Å². The van der Waals surface area contributed by atoms with Crippen LogP contribution in [0.3, 0.4) is 0 Å². The van der Waals surface area contributed by atoms with E-state index < -0.39 is 26.8 Å². The summed E-state index contributed by atoms with van der Waals surface area (Å²) in [6, 6.07) is 15.9. The van der Waals surface area contributed by atoms with E-state index in [9.17, 15) is 26.4 Å². The predicted molar refractivity (Wildman–Crippen MR) is 135 cm³/mol. The molecule has 0 saturated heterocycles. The monoisotopic (exact) mass is 556 g/mol. The molecule has 3 aromatic carbocycles. The third-order valence-corrected chi connectivity index (χ3v) is 6.67. The number of ether oxygens (including phenoxy) is 2. The summed E-state index contributed by atoms with van der Waals surface area (Å²) in [5.41, 5.74) is -0.528. The second kappa shape index (κ2) is 11.7. The molecule has 0 aliphatic rings. The Morgan fingerprint density at radius 3 is 2.19 bits per heavy atom. The molecule has 1 N–H and O–H groups in total. The maximum Gasteiger partial charge on any atom is 0.417 e. The highest BCUT2D eigenvalue weighted by Crippen LogP contribution is 2.37. The topological polar surface area (TPSA) is 84.9 Å². The molecule has 0 saturated carbocycles. The second-order valence-corrected chi connectivity index (χ2v) is 10.2. The van der Waals surface area contributed by atoms with Crippen LogP contribution in [0, 0.1) is 0 Å². The van der Waals surface area contributed by atoms with Gasteiger partial charge in [0.2, 0.25) is 10.0 Å². The van der Waals surface area contributed by atoms with Gasteiger partial charge in [-0.3, -0.25) is 9.10 Å². The van der Waals surface area contributed by atoms with E-state index in [1.165, 1.54) is 30.3 Å². The number of halogens is 4. The number of carbonyl (C=O) groups is 1. The van der Waals surface area contributed by atoms with E-state index in [4.69, 9.17) is 21.1 Å². The molecular weight excluding hydrogens is 533 g/mol. The quantitative estimate of drug-likeness (QED) is 0.349. The second-order valence-electron chi connectivity index (χ2n) is 7.91. The average Bonchev–Trinajstić information content (AvgIpc) is 2.85. The van der Waals surface area contributed by atoms with Gasteiger partial charge in [-0.15, -0.1) is 0 Å². The Morgan fingerprint density at radius 1 is 1.00 bits per heavy atom. The van der Waals surface area contributed by atoms with Crippen molar-refractivity contribution in [2.75, 3.05) is 30.8 Å². The third kappa shape index (κ3) is 7.77. The van der Waals surface area contributed by atoms with Gasteiger partial charge in [-0.05, 0) is 60.2 Å². The molecule has 0 spiro atoms. The van der Waals surface area contributed by atoms with Crippen LogP contribution in [-0.2, 0) is 22.7 Å². The number of alkyl halides is 3. The van der Waals surface area contributed by atoms with E-state index in [0.29, 0.717) is 28.7 Å². The SMILES string of the molecule is COc1ccc(OCCNC(=O)c2ccc(CN(c3ccc(Cl)c(C(F)(F)F)c3)S(C)(=O)=O)cc2)cc1. The standard InChI is InChI=1S/C25H24ClF3N2O5S/c1-35-20-8-10-21(11-9-20)36-14-13-30-24(32)18-5-3-17(4-6-18)16-31(37(2,33)34)19-7-12-23(26)22(15-19)25(27,28)29/h3-12,15H,13-14,16H2,1-2H3,(H,30,32). The summed E-state index contributed by atoms with van der Waals surface area (Å²) in [6.07, 6.45) is -3.85. The number of amides is 1. The number of nitrogens with one attached hydrogen (secondary N) is 1. The molecule has 0 heterocycles. The van der Waals surface area contributed by atoms with Crippen LogP contribution in [0.2, 0.25) is 5.02 Å². The highest BCUT2D eigenvalue weighted by atomic mass is 35.5. The van der Waals surface area contributed by atoms with Crippen LogP contribution in [-0.4, -0.2) is 40.8 Å². The van der Waals surface area contributed by atoms with Gasteiger partial charge in [0.25, 0.3) is 5.91 Å². The number of nitrogens with zero attached hydrogens (tertiary/aromatic N) is 1. The maximum atomic E-state index is 13.3. The summed E-state index contributed by atoms with van der Waals surface area (Å²) in [5.74, 6) is 0.957. The van der Waals surface area contributed by atoms with Crippen LogP contribution in [0.1, 0.15) is 21.5 Å². The number of sulfonamides is 1. The van der Waals surface area contributed by atoms with Crippen molar-refractivity contribution in [1.82, 2.24) is 5.32 Å². The Balaban J connectivity index is 1.63. The highest BCUT2D eigenvalue weighted by molar-refractivity contribution is 7.92. The molecule has 198 valence electrons. The number of carbonyl (C=O) groups excluding carboxylic acids is 1. The third-order valence-electron chi connectivity index (χ3n) is 5.20. The fraction of sp³-hybridized carbons (Fsp3) is 0.240. The van der Waals surface area contributed by atoms with Crippen LogP contribution >= 0.6 is 11.6 Å². The van der Waals surface area contributed by atoms with Gasteiger partial charge in [0.15, 0.2) is 0 Å². The number of methoxy groups -OCH3 is 1. The number of benzene rings is 3. The lowest BCUT2D eigenvalue weighted by Crippen LogP contribution is -2.30. The molecule has 0 atom stereocenters. The Bertz CT molecular complexity index is 1330. The molecule has 0 aliphatic carbocycles. The first-order valence-electron chi connectivity index (χ1n) is 10.9. The average molecular weight is 557 g/mol. The van der Waals surface area contributed by atoms with E-state index in [2.05, 4.69) is 5.32 Å². The molecule has 0 aromatic heterocycles. The number of hydrogen-bond donors (Lipinski definition) is 1. The van der Waals surface area contributed by atoms with Crippen LogP contribution in [0.4, 0.5) is 18.9 Å². The van der Waals surface area contributed by atoms with Gasteiger partial charge in [-0.2, -0.15) is 13.2 Å². The zero-order valence-electron chi connectivity index (χ0n) is 19.9. The van der Waals surface area contributed by atoms with Crippen LogP contribution < -0.4 is 19.1 Å². The minimum absolute atomic E-state index is 0.182. The van der Waals surface area contributed by atoms with Gasteiger partial charge in [0.1, 0.15) is 18.1 Å². The van der Waals surface area contributed by atoms with Crippen molar-refractivity contribution < 1.29 is 35.9 Å². The van der Waals surface area contributed by atoms with Crippen LogP contribution in [0.15, 0.2) is 66.7 Å². The normalized spacial score (nSPS) is 11.6. The van der Waals surface area contributed by atoms with E-state index in [1.54, 1.807) is 31.4 Å². The van der Waals surface area contributed by atoms with E-state index in [0.717, 1.165) is 16.6 Å². The first kappa shape index (κ1) is 28.1. The minimum atomic E-state index is -4.75. The zero-order chi connectivity index (χ0) is 27.2. The summed E-state index contributed by atoms with van der Waals surface area (Å²) in [5, 5.41) is 2.18. The summed E-state index contributed by atoms with van der Waals surface area (Å²) in [4.78, 5) is 12.4.